The zero-order valence-corrected chi connectivity index (χ0v) is 12.1. The first-order chi connectivity index (χ1) is 8.72. The Hall–Kier alpha value is -0.740. The highest BCUT2D eigenvalue weighted by atomic mass is 32.2. The molecular weight excluding hydrogens is 242 g/mol. The molecule has 2 heterocycles. The summed E-state index contributed by atoms with van der Waals surface area (Å²) in [7, 11) is 0. The highest BCUT2D eigenvalue weighted by molar-refractivity contribution is 8.00. The smallest absolute Gasteiger partial charge is 0.128 e. The van der Waals surface area contributed by atoms with Crippen molar-refractivity contribution < 1.29 is 0 Å². The third-order valence-corrected chi connectivity index (χ3v) is 4.89. The van der Waals surface area contributed by atoms with Crippen molar-refractivity contribution in [1.29, 1.82) is 0 Å². The van der Waals surface area contributed by atoms with Crippen LogP contribution in [0.25, 0.3) is 0 Å². The first-order valence-corrected chi connectivity index (χ1v) is 7.84. The quantitative estimate of drug-likeness (QED) is 0.879. The number of aryl methyl sites for hydroxylation is 1. The lowest BCUT2D eigenvalue weighted by Gasteiger charge is -2.31. The molecule has 1 aromatic heterocycles. The number of nitrogens with zero attached hydrogens (tertiary/aromatic N) is 1. The Kier molecular flexibility index (Phi) is 4.89. The molecule has 0 spiro atoms. The Bertz CT molecular complexity index is 389. The van der Waals surface area contributed by atoms with Gasteiger partial charge >= 0.3 is 0 Å². The molecule has 0 amide bonds. The van der Waals surface area contributed by atoms with Crippen molar-refractivity contribution in [1.82, 2.24) is 10.3 Å². The molecule has 2 unspecified atom stereocenters. The summed E-state index contributed by atoms with van der Waals surface area (Å²) in [6, 6.07) is 2.53. The van der Waals surface area contributed by atoms with E-state index in [1.165, 1.54) is 36.1 Å². The van der Waals surface area contributed by atoms with Crippen molar-refractivity contribution in [2.75, 3.05) is 18.0 Å². The monoisotopic (exact) mass is 265 g/mol. The van der Waals surface area contributed by atoms with Crippen LogP contribution >= 0.6 is 11.8 Å². The van der Waals surface area contributed by atoms with Crippen molar-refractivity contribution in [3.8, 4) is 0 Å². The maximum Gasteiger partial charge on any atom is 0.128 e. The van der Waals surface area contributed by atoms with E-state index in [4.69, 9.17) is 5.73 Å². The van der Waals surface area contributed by atoms with E-state index >= 15 is 0 Å². The molecule has 2 rings (SSSR count). The van der Waals surface area contributed by atoms with Gasteiger partial charge in [-0.05, 0) is 43.7 Å². The number of hydrogen-bond acceptors (Lipinski definition) is 4. The number of rotatable bonds is 4. The van der Waals surface area contributed by atoms with Crippen LogP contribution in [0.3, 0.4) is 0 Å². The lowest BCUT2D eigenvalue weighted by atomic mass is 9.99. The Labute approximate surface area is 114 Å². The van der Waals surface area contributed by atoms with E-state index < -0.39 is 0 Å². The fraction of sp³-hybridized carbons (Fsp3) is 0.643. The van der Waals surface area contributed by atoms with Gasteiger partial charge in [0.05, 0.1) is 0 Å². The zero-order chi connectivity index (χ0) is 13.0. The summed E-state index contributed by atoms with van der Waals surface area (Å²) in [6.07, 6.45) is 5.80. The third-order valence-electron chi connectivity index (χ3n) is 3.43. The SMILES string of the molecule is CCNC(c1cc(C)cnc1N)C1CCCCS1. The summed E-state index contributed by atoms with van der Waals surface area (Å²) >= 11 is 2.07. The van der Waals surface area contributed by atoms with Crippen LogP contribution in [0.5, 0.6) is 0 Å². The molecule has 1 saturated heterocycles. The number of pyridine rings is 1. The average Bonchev–Trinajstić information content (AvgIpc) is 2.40. The van der Waals surface area contributed by atoms with Gasteiger partial charge < -0.3 is 11.1 Å². The summed E-state index contributed by atoms with van der Waals surface area (Å²) in [5.74, 6) is 1.95. The molecule has 0 saturated carbocycles. The van der Waals surface area contributed by atoms with Gasteiger partial charge in [-0.1, -0.05) is 13.3 Å². The molecule has 0 aliphatic carbocycles. The minimum atomic E-state index is 0.340. The molecule has 1 aliphatic heterocycles. The van der Waals surface area contributed by atoms with Crippen LogP contribution in [0.15, 0.2) is 12.3 Å². The van der Waals surface area contributed by atoms with Crippen LogP contribution in [-0.2, 0) is 0 Å². The first-order valence-electron chi connectivity index (χ1n) is 6.79. The van der Waals surface area contributed by atoms with E-state index in [0.717, 1.165) is 6.54 Å². The Morgan fingerprint density at radius 2 is 2.39 bits per heavy atom. The Balaban J connectivity index is 2.24. The maximum atomic E-state index is 6.07. The lowest BCUT2D eigenvalue weighted by molar-refractivity contribution is 0.491. The molecule has 1 fully saturated rings. The summed E-state index contributed by atoms with van der Waals surface area (Å²) in [6.45, 7) is 5.20. The van der Waals surface area contributed by atoms with Gasteiger partial charge in [0.2, 0.25) is 0 Å². The van der Waals surface area contributed by atoms with Gasteiger partial charge in [-0.15, -0.1) is 0 Å². The Morgan fingerprint density at radius 1 is 1.56 bits per heavy atom. The number of nitrogen functional groups attached to an aromatic ring is 1. The van der Waals surface area contributed by atoms with Crippen molar-refractivity contribution in [2.24, 2.45) is 0 Å². The molecule has 0 radical (unpaired) electrons. The summed E-state index contributed by atoms with van der Waals surface area (Å²) in [4.78, 5) is 4.31. The number of thioether (sulfide) groups is 1. The zero-order valence-electron chi connectivity index (χ0n) is 11.3. The fourth-order valence-electron chi connectivity index (χ4n) is 2.54. The molecule has 18 heavy (non-hydrogen) atoms. The molecule has 3 nitrogen and oxygen atoms in total. The van der Waals surface area contributed by atoms with Gasteiger partial charge in [0.15, 0.2) is 0 Å². The van der Waals surface area contributed by atoms with E-state index in [0.29, 0.717) is 17.1 Å². The van der Waals surface area contributed by atoms with E-state index in [-0.39, 0.29) is 0 Å². The van der Waals surface area contributed by atoms with E-state index in [1.807, 2.05) is 6.20 Å². The largest absolute Gasteiger partial charge is 0.383 e. The van der Waals surface area contributed by atoms with Crippen molar-refractivity contribution in [2.45, 2.75) is 44.4 Å². The van der Waals surface area contributed by atoms with Crippen LogP contribution in [0, 0.1) is 6.92 Å². The molecule has 0 bridgehead atoms. The second-order valence-corrected chi connectivity index (χ2v) is 6.27. The van der Waals surface area contributed by atoms with Crippen molar-refractivity contribution in [3.63, 3.8) is 0 Å². The fourth-order valence-corrected chi connectivity index (χ4v) is 3.98. The van der Waals surface area contributed by atoms with Gasteiger partial charge in [-0.25, -0.2) is 4.98 Å². The minimum absolute atomic E-state index is 0.340. The number of anilines is 1. The highest BCUT2D eigenvalue weighted by Gasteiger charge is 2.26. The highest BCUT2D eigenvalue weighted by Crippen LogP contribution is 2.36. The van der Waals surface area contributed by atoms with Crippen LogP contribution in [0.1, 0.15) is 43.4 Å². The number of hydrogen-bond donors (Lipinski definition) is 2. The third kappa shape index (κ3) is 3.18. The second kappa shape index (κ2) is 6.43. The minimum Gasteiger partial charge on any atom is -0.383 e. The van der Waals surface area contributed by atoms with E-state index in [9.17, 15) is 0 Å². The van der Waals surface area contributed by atoms with Gasteiger partial charge in [0, 0.05) is 23.1 Å². The summed E-state index contributed by atoms with van der Waals surface area (Å²) in [5, 5.41) is 4.23. The van der Waals surface area contributed by atoms with Crippen LogP contribution in [-0.4, -0.2) is 22.5 Å². The van der Waals surface area contributed by atoms with Crippen LogP contribution in [0.4, 0.5) is 5.82 Å². The molecule has 1 aromatic rings. The number of nitrogens with one attached hydrogen (secondary N) is 1. The van der Waals surface area contributed by atoms with Crippen LogP contribution in [0.2, 0.25) is 0 Å². The van der Waals surface area contributed by atoms with E-state index in [1.54, 1.807) is 0 Å². The molecular formula is C14H23N3S. The summed E-state index contributed by atoms with van der Waals surface area (Å²) < 4.78 is 0. The lowest BCUT2D eigenvalue weighted by Crippen LogP contribution is -2.32. The molecule has 3 N–H and O–H groups in total. The van der Waals surface area contributed by atoms with E-state index in [2.05, 4.69) is 42.0 Å². The van der Waals surface area contributed by atoms with Gasteiger partial charge in [-0.2, -0.15) is 11.8 Å². The van der Waals surface area contributed by atoms with Gasteiger partial charge in [0.1, 0.15) is 5.82 Å². The number of aromatic nitrogens is 1. The van der Waals surface area contributed by atoms with Crippen molar-refractivity contribution in [3.05, 3.63) is 23.4 Å². The number of nitrogens with two attached hydrogens (primary N) is 1. The molecule has 100 valence electrons. The first kappa shape index (κ1) is 13.7. The van der Waals surface area contributed by atoms with Crippen molar-refractivity contribution >= 4 is 17.6 Å². The predicted octanol–water partition coefficient (Wildman–Crippen LogP) is 2.91. The van der Waals surface area contributed by atoms with Gasteiger partial charge in [0.25, 0.3) is 0 Å². The second-order valence-electron chi connectivity index (χ2n) is 4.93. The molecule has 4 heteroatoms. The molecule has 0 aromatic carbocycles. The standard InChI is InChI=1S/C14H23N3S/c1-3-16-13(12-6-4-5-7-18-12)11-8-10(2)9-17-14(11)15/h8-9,12-13,16H,3-7H2,1-2H3,(H2,15,17). The Morgan fingerprint density at radius 3 is 3.06 bits per heavy atom. The van der Waals surface area contributed by atoms with Gasteiger partial charge in [-0.3, -0.25) is 0 Å². The molecule has 2 atom stereocenters. The average molecular weight is 265 g/mol. The predicted molar refractivity (Wildman–Crippen MR) is 79.9 cm³/mol. The van der Waals surface area contributed by atoms with Crippen LogP contribution < -0.4 is 11.1 Å². The molecule has 1 aliphatic rings. The normalized spacial score (nSPS) is 21.8. The summed E-state index contributed by atoms with van der Waals surface area (Å²) in [5.41, 5.74) is 8.43. The topological polar surface area (TPSA) is 50.9 Å². The maximum absolute atomic E-state index is 6.07.